The van der Waals surface area contributed by atoms with Crippen LogP contribution in [0.1, 0.15) is 136 Å². The Morgan fingerprint density at radius 2 is 1.13 bits per heavy atom. The third-order valence-electron chi connectivity index (χ3n) is 11.9. The molecule has 0 atom stereocenters. The van der Waals surface area contributed by atoms with Gasteiger partial charge in [-0.1, -0.05) is 12.2 Å². The molecule has 6 heterocycles. The predicted molar refractivity (Wildman–Crippen MR) is 257 cm³/mol. The Morgan fingerprint density at radius 1 is 0.714 bits per heavy atom. The molecule has 0 spiro atoms. The molecule has 6 rings (SSSR count). The van der Waals surface area contributed by atoms with Gasteiger partial charge in [-0.25, -0.2) is 4.79 Å². The van der Waals surface area contributed by atoms with Crippen molar-refractivity contribution in [1.29, 1.82) is 0 Å². The largest absolute Gasteiger partial charge is 0.444 e. The van der Waals surface area contributed by atoms with E-state index in [0.29, 0.717) is 47.2 Å². The first kappa shape index (κ1) is 49.0. The quantitative estimate of drug-likeness (QED) is 0.106. The summed E-state index contributed by atoms with van der Waals surface area (Å²) in [6, 6.07) is 3.83. The van der Waals surface area contributed by atoms with E-state index >= 15 is 0 Å². The number of aromatic nitrogens is 2. The number of ether oxygens (including phenoxy) is 1. The van der Waals surface area contributed by atoms with Crippen LogP contribution in [0.3, 0.4) is 0 Å². The zero-order valence-corrected chi connectivity index (χ0v) is 40.5. The summed E-state index contributed by atoms with van der Waals surface area (Å²) in [4.78, 5) is 72.3. The van der Waals surface area contributed by atoms with Gasteiger partial charge in [-0.2, -0.15) is 0 Å². The second-order valence-electron chi connectivity index (χ2n) is 17.7. The highest BCUT2D eigenvalue weighted by Gasteiger charge is 2.30. The van der Waals surface area contributed by atoms with Crippen molar-refractivity contribution in [3.05, 3.63) is 121 Å². The number of aromatic amines is 2. The average Bonchev–Trinajstić information content (AvgIpc) is 3.79. The number of likely N-dealkylation sites (tertiary alicyclic amines) is 1. The van der Waals surface area contributed by atoms with Gasteiger partial charge in [-0.05, 0) is 172 Å². The second-order valence-corrected chi connectivity index (χ2v) is 19.5. The minimum atomic E-state index is -0.501. The number of allylic oxidation sites excluding steroid dienone is 4. The van der Waals surface area contributed by atoms with Gasteiger partial charge in [0.25, 0.3) is 22.9 Å². The molecule has 2 aliphatic heterocycles. The maximum atomic E-state index is 13.0. The van der Waals surface area contributed by atoms with Crippen molar-refractivity contribution in [2.24, 2.45) is 11.8 Å². The zero-order valence-electron chi connectivity index (χ0n) is 38.9. The van der Waals surface area contributed by atoms with Gasteiger partial charge in [0.1, 0.15) is 5.60 Å². The Morgan fingerprint density at radius 3 is 1.51 bits per heavy atom. The van der Waals surface area contributed by atoms with Crippen LogP contribution in [0.5, 0.6) is 0 Å². The molecule has 0 aromatic carbocycles. The lowest BCUT2D eigenvalue weighted by molar-refractivity contribution is 0.0199. The monoisotopic (exact) mass is 898 g/mol. The predicted octanol–water partition coefficient (Wildman–Crippen LogP) is 9.04. The van der Waals surface area contributed by atoms with E-state index in [1.165, 1.54) is 16.0 Å². The van der Waals surface area contributed by atoms with Gasteiger partial charge >= 0.3 is 6.09 Å². The van der Waals surface area contributed by atoms with Gasteiger partial charge in [-0.3, -0.25) is 19.2 Å². The molecule has 2 fully saturated rings. The topological polar surface area (TPSA) is 165 Å². The molecular weight excluding hydrogens is 833 g/mol. The normalized spacial score (nSPS) is 15.4. The van der Waals surface area contributed by atoms with E-state index in [1.54, 1.807) is 27.6 Å². The van der Waals surface area contributed by atoms with Gasteiger partial charge < -0.3 is 35.6 Å². The van der Waals surface area contributed by atoms with Crippen LogP contribution >= 0.6 is 22.7 Å². The van der Waals surface area contributed by atoms with E-state index in [9.17, 15) is 24.0 Å². The molecule has 3 amide bonds. The van der Waals surface area contributed by atoms with Gasteiger partial charge in [0, 0.05) is 69.2 Å². The molecule has 4 aromatic rings. The summed E-state index contributed by atoms with van der Waals surface area (Å²) in [5.74, 6) is 0.564. The summed E-state index contributed by atoms with van der Waals surface area (Å²) in [6.45, 7) is 25.0. The van der Waals surface area contributed by atoms with E-state index < -0.39 is 5.60 Å². The lowest BCUT2D eigenvalue weighted by Crippen LogP contribution is -2.41. The van der Waals surface area contributed by atoms with Crippen LogP contribution in [0.4, 0.5) is 4.79 Å². The standard InChI is InChI=1S/C27H37N3O4S.C22H29N3O2S/c1-8-20(19-9-11-30(12-10-19)26(33)34-27(5,6)7)23-18(4)22(15-35-23)24(31)28-14-21-16(2)13-17(3)29-25(21)32;1-5-17(16-6-8-23-9-7-16)20-15(4)19(12-28-20)21(26)24-11-18-13(2)10-14(3)25-22(18)27/h8,13,15,19H,9-12,14H2,1-7H3,(H,28,31)(H,29,32);5,10,12,16,23H,6-9,11H2,1-4H3,(H,24,26)(H,25,27)/b20-8+;17-5+. The number of aryl methyl sites for hydroxylation is 4. The summed E-state index contributed by atoms with van der Waals surface area (Å²) in [5.41, 5.74) is 9.66. The molecule has 4 aromatic heterocycles. The van der Waals surface area contributed by atoms with Crippen molar-refractivity contribution in [2.45, 2.75) is 121 Å². The second kappa shape index (κ2) is 21.6. The minimum absolute atomic E-state index is 0.125. The molecule has 0 unspecified atom stereocenters. The molecule has 0 saturated carbocycles. The van der Waals surface area contributed by atoms with E-state index in [2.05, 4.69) is 45.0 Å². The molecule has 2 aliphatic rings. The summed E-state index contributed by atoms with van der Waals surface area (Å²) >= 11 is 3.22. The number of pyridine rings is 2. The number of carbonyl (C=O) groups excluding carboxylic acids is 3. The van der Waals surface area contributed by atoms with E-state index in [-0.39, 0.29) is 42.1 Å². The molecule has 14 heteroatoms. The third-order valence-corrected chi connectivity index (χ3v) is 14.2. The molecular formula is C49H66N6O6S2. The van der Waals surface area contributed by atoms with Crippen molar-refractivity contribution in [3.8, 4) is 0 Å². The first-order valence-electron chi connectivity index (χ1n) is 22.0. The van der Waals surface area contributed by atoms with E-state index in [0.717, 1.165) is 77.3 Å². The van der Waals surface area contributed by atoms with Gasteiger partial charge in [0.15, 0.2) is 0 Å². The van der Waals surface area contributed by atoms with Gasteiger partial charge in [0.2, 0.25) is 0 Å². The molecule has 0 aliphatic carbocycles. The SMILES string of the molecule is C/C=C(/c1scc(C(=O)NCc2c(C)cc(C)[nH]c2=O)c1C)C1CCN(C(=O)OC(C)(C)C)CC1.C/C=C(/c1scc(C(=O)NCc2c(C)cc(C)[nH]c2=O)c1C)C1CCNCC1. The first-order chi connectivity index (χ1) is 29.8. The third kappa shape index (κ3) is 12.4. The molecule has 2 saturated heterocycles. The molecule has 63 heavy (non-hydrogen) atoms. The summed E-state index contributed by atoms with van der Waals surface area (Å²) in [6.07, 6.45) is 8.05. The number of thiophene rings is 2. The van der Waals surface area contributed by atoms with E-state index in [4.69, 9.17) is 4.74 Å². The van der Waals surface area contributed by atoms with Crippen LogP contribution in [0.25, 0.3) is 11.1 Å². The number of carbonyl (C=O) groups is 3. The van der Waals surface area contributed by atoms with Crippen LogP contribution in [-0.4, -0.2) is 64.6 Å². The maximum Gasteiger partial charge on any atom is 0.410 e. The summed E-state index contributed by atoms with van der Waals surface area (Å²) in [7, 11) is 0. The van der Waals surface area contributed by atoms with Gasteiger partial charge in [0.05, 0.1) is 11.1 Å². The van der Waals surface area contributed by atoms with Crippen molar-refractivity contribution in [2.75, 3.05) is 26.2 Å². The number of hydrogen-bond acceptors (Lipinski definition) is 9. The lowest BCUT2D eigenvalue weighted by Gasteiger charge is -2.34. The smallest absolute Gasteiger partial charge is 0.410 e. The minimum Gasteiger partial charge on any atom is -0.444 e. The van der Waals surface area contributed by atoms with Crippen molar-refractivity contribution in [1.82, 2.24) is 30.8 Å². The lowest BCUT2D eigenvalue weighted by atomic mass is 9.87. The Bertz CT molecular complexity index is 2470. The summed E-state index contributed by atoms with van der Waals surface area (Å²) in [5, 5.41) is 13.1. The van der Waals surface area contributed by atoms with Crippen LogP contribution < -0.4 is 27.1 Å². The first-order valence-corrected chi connectivity index (χ1v) is 23.7. The number of hydrogen-bond donors (Lipinski definition) is 5. The Kier molecular flexibility index (Phi) is 16.8. The molecule has 0 bridgehead atoms. The van der Waals surface area contributed by atoms with Crippen molar-refractivity contribution in [3.63, 3.8) is 0 Å². The molecule has 0 radical (unpaired) electrons. The Balaban J connectivity index is 0.000000243. The van der Waals surface area contributed by atoms with Crippen molar-refractivity contribution >= 4 is 51.7 Å². The Hall–Kier alpha value is -5.05. The van der Waals surface area contributed by atoms with Crippen molar-refractivity contribution < 1.29 is 19.1 Å². The number of H-pyrrole nitrogens is 2. The highest BCUT2D eigenvalue weighted by molar-refractivity contribution is 7.12. The number of nitrogens with zero attached hydrogens (tertiary/aromatic N) is 1. The zero-order chi connectivity index (χ0) is 46.2. The highest BCUT2D eigenvalue weighted by atomic mass is 32.1. The summed E-state index contributed by atoms with van der Waals surface area (Å²) < 4.78 is 5.52. The fourth-order valence-corrected chi connectivity index (χ4v) is 11.0. The average molecular weight is 899 g/mol. The fourth-order valence-electron chi connectivity index (χ4n) is 8.52. The number of piperidine rings is 2. The molecule has 5 N–H and O–H groups in total. The van der Waals surface area contributed by atoms with Crippen LogP contribution in [-0.2, 0) is 17.8 Å². The molecule has 12 nitrogen and oxygen atoms in total. The van der Waals surface area contributed by atoms with Crippen LogP contribution in [0.15, 0.2) is 44.6 Å². The van der Waals surface area contributed by atoms with Crippen LogP contribution in [0, 0.1) is 53.4 Å². The molecule has 340 valence electrons. The maximum absolute atomic E-state index is 13.0. The van der Waals surface area contributed by atoms with Crippen LogP contribution in [0.2, 0.25) is 0 Å². The van der Waals surface area contributed by atoms with E-state index in [1.807, 2.05) is 92.1 Å². The number of nitrogens with one attached hydrogen (secondary N) is 5. The number of amides is 3. The Labute approximate surface area is 380 Å². The fraction of sp³-hybridized carbons (Fsp3) is 0.490. The van der Waals surface area contributed by atoms with Gasteiger partial charge in [-0.15, -0.1) is 22.7 Å². The highest BCUT2D eigenvalue weighted by Crippen LogP contribution is 2.39. The number of rotatable bonds is 10.